The van der Waals surface area contributed by atoms with Crippen molar-refractivity contribution >= 4 is 11.9 Å². The van der Waals surface area contributed by atoms with Gasteiger partial charge in [0, 0.05) is 38.6 Å². The Labute approximate surface area is 101 Å². The third-order valence-corrected chi connectivity index (χ3v) is 3.75. The molecule has 17 heavy (non-hydrogen) atoms. The zero-order valence-corrected chi connectivity index (χ0v) is 10.1. The smallest absolute Gasteiger partial charge is 0.304 e. The number of aliphatic carboxylic acids is 1. The Morgan fingerprint density at radius 3 is 2.53 bits per heavy atom. The van der Waals surface area contributed by atoms with Crippen LogP contribution in [0.25, 0.3) is 0 Å². The number of piperidine rings is 1. The van der Waals surface area contributed by atoms with Gasteiger partial charge in [0.25, 0.3) is 0 Å². The average Bonchev–Trinajstić information content (AvgIpc) is 2.73. The molecule has 5 nitrogen and oxygen atoms in total. The molecule has 1 amide bonds. The Kier molecular flexibility index (Phi) is 3.99. The molecule has 2 rings (SSSR count). The van der Waals surface area contributed by atoms with Gasteiger partial charge in [0.2, 0.25) is 5.91 Å². The van der Waals surface area contributed by atoms with Gasteiger partial charge >= 0.3 is 5.97 Å². The van der Waals surface area contributed by atoms with Crippen molar-refractivity contribution in [3.8, 4) is 0 Å². The highest BCUT2D eigenvalue weighted by Gasteiger charge is 2.30. The number of carboxylic acid groups (broad SMARTS) is 1. The molecule has 0 aromatic rings. The summed E-state index contributed by atoms with van der Waals surface area (Å²) in [6.07, 6.45) is 3.90. The fraction of sp³-hybridized carbons (Fsp3) is 0.833. The zero-order valence-electron chi connectivity index (χ0n) is 10.1. The first kappa shape index (κ1) is 12.4. The van der Waals surface area contributed by atoms with E-state index in [1.54, 1.807) is 0 Å². The molecule has 0 saturated carbocycles. The first-order valence-electron chi connectivity index (χ1n) is 6.40. The predicted molar refractivity (Wildman–Crippen MR) is 62.7 cm³/mol. The van der Waals surface area contributed by atoms with Crippen LogP contribution < -0.4 is 0 Å². The quantitative estimate of drug-likeness (QED) is 0.779. The van der Waals surface area contributed by atoms with E-state index in [4.69, 9.17) is 5.11 Å². The first-order chi connectivity index (χ1) is 8.16. The van der Waals surface area contributed by atoms with Crippen LogP contribution in [0.4, 0.5) is 0 Å². The SMILES string of the molecule is O=C(O)CCN1CCC(N2CCCC2=O)CC1. The Hall–Kier alpha value is -1.10. The summed E-state index contributed by atoms with van der Waals surface area (Å²) < 4.78 is 0. The summed E-state index contributed by atoms with van der Waals surface area (Å²) in [4.78, 5) is 26.3. The third kappa shape index (κ3) is 3.19. The first-order valence-corrected chi connectivity index (χ1v) is 6.40. The van der Waals surface area contributed by atoms with Gasteiger partial charge in [-0.2, -0.15) is 0 Å². The van der Waals surface area contributed by atoms with Gasteiger partial charge in [-0.05, 0) is 19.3 Å². The number of carboxylic acids is 1. The van der Waals surface area contributed by atoms with Crippen LogP contribution in [-0.2, 0) is 9.59 Å². The summed E-state index contributed by atoms with van der Waals surface area (Å²) in [5, 5.41) is 8.62. The lowest BCUT2D eigenvalue weighted by molar-refractivity contribution is -0.137. The number of hydrogen-bond acceptors (Lipinski definition) is 3. The third-order valence-electron chi connectivity index (χ3n) is 3.75. The van der Waals surface area contributed by atoms with Gasteiger partial charge < -0.3 is 14.9 Å². The summed E-state index contributed by atoms with van der Waals surface area (Å²) in [6, 6.07) is 0.395. The number of hydrogen-bond donors (Lipinski definition) is 1. The second-order valence-corrected chi connectivity index (χ2v) is 4.91. The van der Waals surface area contributed by atoms with Crippen molar-refractivity contribution in [1.29, 1.82) is 0 Å². The molecule has 2 heterocycles. The highest BCUT2D eigenvalue weighted by atomic mass is 16.4. The molecule has 2 aliphatic rings. The van der Waals surface area contributed by atoms with Crippen molar-refractivity contribution in [1.82, 2.24) is 9.80 Å². The fourth-order valence-electron chi connectivity index (χ4n) is 2.76. The molecule has 0 radical (unpaired) electrons. The summed E-state index contributed by atoms with van der Waals surface area (Å²) in [6.45, 7) is 3.39. The monoisotopic (exact) mass is 240 g/mol. The number of rotatable bonds is 4. The molecule has 0 aromatic carbocycles. The van der Waals surface area contributed by atoms with Crippen LogP contribution in [0.5, 0.6) is 0 Å². The van der Waals surface area contributed by atoms with E-state index < -0.39 is 5.97 Å². The average molecular weight is 240 g/mol. The molecule has 1 N–H and O–H groups in total. The molecule has 5 heteroatoms. The molecule has 0 spiro atoms. The second-order valence-electron chi connectivity index (χ2n) is 4.91. The molecule has 0 atom stereocenters. The summed E-state index contributed by atoms with van der Waals surface area (Å²) in [5.74, 6) is -0.434. The second kappa shape index (κ2) is 5.49. The molecular weight excluding hydrogens is 220 g/mol. The minimum atomic E-state index is -0.734. The van der Waals surface area contributed by atoms with Gasteiger partial charge in [-0.3, -0.25) is 9.59 Å². The zero-order chi connectivity index (χ0) is 12.3. The molecule has 0 aromatic heterocycles. The lowest BCUT2D eigenvalue weighted by atomic mass is 10.0. The van der Waals surface area contributed by atoms with E-state index >= 15 is 0 Å². The fourth-order valence-corrected chi connectivity index (χ4v) is 2.76. The van der Waals surface area contributed by atoms with Crippen LogP contribution in [0.3, 0.4) is 0 Å². The number of nitrogens with zero attached hydrogens (tertiary/aromatic N) is 2. The van der Waals surface area contributed by atoms with Crippen molar-refractivity contribution in [2.45, 2.75) is 38.1 Å². The lowest BCUT2D eigenvalue weighted by Gasteiger charge is -2.36. The van der Waals surface area contributed by atoms with E-state index in [1.165, 1.54) is 0 Å². The molecule has 2 fully saturated rings. The minimum absolute atomic E-state index is 0.216. The van der Waals surface area contributed by atoms with Crippen molar-refractivity contribution < 1.29 is 14.7 Å². The minimum Gasteiger partial charge on any atom is -0.481 e. The molecule has 2 saturated heterocycles. The number of likely N-dealkylation sites (tertiary alicyclic amines) is 2. The van der Waals surface area contributed by atoms with E-state index in [9.17, 15) is 9.59 Å². The lowest BCUT2D eigenvalue weighted by Crippen LogP contribution is -2.45. The van der Waals surface area contributed by atoms with Gasteiger partial charge in [0.15, 0.2) is 0 Å². The van der Waals surface area contributed by atoms with Gasteiger partial charge in [-0.25, -0.2) is 0 Å². The largest absolute Gasteiger partial charge is 0.481 e. The van der Waals surface area contributed by atoms with Crippen molar-refractivity contribution in [3.05, 3.63) is 0 Å². The van der Waals surface area contributed by atoms with Gasteiger partial charge in [0.1, 0.15) is 0 Å². The Balaban J connectivity index is 1.74. The standard InChI is InChI=1S/C12H20N2O3/c15-11-2-1-6-14(11)10-3-7-13(8-4-10)9-5-12(16)17/h10H,1-9H2,(H,16,17). The van der Waals surface area contributed by atoms with Crippen molar-refractivity contribution in [3.63, 3.8) is 0 Å². The summed E-state index contributed by atoms with van der Waals surface area (Å²) in [7, 11) is 0. The van der Waals surface area contributed by atoms with Crippen LogP contribution in [0, 0.1) is 0 Å². The van der Waals surface area contributed by atoms with E-state index in [-0.39, 0.29) is 6.42 Å². The van der Waals surface area contributed by atoms with Crippen LogP contribution in [0.15, 0.2) is 0 Å². The molecule has 0 aliphatic carbocycles. The molecular formula is C12H20N2O3. The van der Waals surface area contributed by atoms with E-state index in [0.29, 0.717) is 24.9 Å². The van der Waals surface area contributed by atoms with Gasteiger partial charge in [-0.15, -0.1) is 0 Å². The maximum Gasteiger partial charge on any atom is 0.304 e. The highest BCUT2D eigenvalue weighted by Crippen LogP contribution is 2.21. The molecule has 0 bridgehead atoms. The maximum absolute atomic E-state index is 11.6. The van der Waals surface area contributed by atoms with Crippen molar-refractivity contribution in [2.24, 2.45) is 0 Å². The Morgan fingerprint density at radius 2 is 2.00 bits per heavy atom. The van der Waals surface area contributed by atoms with Crippen molar-refractivity contribution in [2.75, 3.05) is 26.2 Å². The number of carbonyl (C=O) groups is 2. The van der Waals surface area contributed by atoms with Crippen LogP contribution in [0.1, 0.15) is 32.1 Å². The molecule has 96 valence electrons. The number of amides is 1. The predicted octanol–water partition coefficient (Wildman–Crippen LogP) is 0.548. The summed E-state index contributed by atoms with van der Waals surface area (Å²) >= 11 is 0. The van der Waals surface area contributed by atoms with Crippen LogP contribution in [-0.4, -0.2) is 59.0 Å². The van der Waals surface area contributed by atoms with Gasteiger partial charge in [0.05, 0.1) is 6.42 Å². The van der Waals surface area contributed by atoms with E-state index in [2.05, 4.69) is 4.90 Å². The molecule has 0 unspecified atom stereocenters. The normalized spacial score (nSPS) is 23.3. The van der Waals surface area contributed by atoms with Crippen LogP contribution in [0.2, 0.25) is 0 Å². The number of carbonyl (C=O) groups excluding carboxylic acids is 1. The molecule has 2 aliphatic heterocycles. The van der Waals surface area contributed by atoms with E-state index in [0.717, 1.165) is 38.9 Å². The van der Waals surface area contributed by atoms with Crippen LogP contribution >= 0.6 is 0 Å². The Bertz CT molecular complexity index is 298. The highest BCUT2D eigenvalue weighted by molar-refractivity contribution is 5.78. The topological polar surface area (TPSA) is 60.9 Å². The Morgan fingerprint density at radius 1 is 1.29 bits per heavy atom. The summed E-state index contributed by atoms with van der Waals surface area (Å²) in [5.41, 5.74) is 0. The maximum atomic E-state index is 11.6. The van der Waals surface area contributed by atoms with E-state index in [1.807, 2.05) is 4.90 Å². The van der Waals surface area contributed by atoms with Gasteiger partial charge in [-0.1, -0.05) is 0 Å².